The van der Waals surface area contributed by atoms with Crippen LogP contribution in [0, 0.1) is 6.92 Å². The van der Waals surface area contributed by atoms with Crippen LogP contribution in [0.2, 0.25) is 0 Å². The average molecular weight is 332 g/mol. The van der Waals surface area contributed by atoms with Gasteiger partial charge in [-0.15, -0.1) is 0 Å². The van der Waals surface area contributed by atoms with Crippen LogP contribution in [0.5, 0.6) is 0 Å². The number of aromatic nitrogens is 1. The van der Waals surface area contributed by atoms with E-state index in [0.29, 0.717) is 21.3 Å². The fraction of sp³-hybridized carbons (Fsp3) is 0.353. The van der Waals surface area contributed by atoms with E-state index in [2.05, 4.69) is 35.8 Å². The molecule has 0 aliphatic heterocycles. The van der Waals surface area contributed by atoms with Crippen molar-refractivity contribution < 1.29 is 14.3 Å². The Balaban J connectivity index is 2.15. The van der Waals surface area contributed by atoms with Gasteiger partial charge < -0.3 is 4.74 Å². The van der Waals surface area contributed by atoms with E-state index in [-0.39, 0.29) is 11.3 Å². The Morgan fingerprint density at radius 2 is 1.78 bits per heavy atom. The lowest BCUT2D eigenvalue weighted by Gasteiger charge is -2.18. The molecule has 1 heterocycles. The van der Waals surface area contributed by atoms with Crippen LogP contribution in [0.4, 0.5) is 5.13 Å². The number of anilines is 1. The van der Waals surface area contributed by atoms with E-state index in [1.807, 2.05) is 12.1 Å². The summed E-state index contributed by atoms with van der Waals surface area (Å²) in [5.41, 5.74) is 2.29. The molecule has 0 spiro atoms. The lowest BCUT2D eigenvalue weighted by molar-refractivity contribution is 0.0605. The number of aryl methyl sites for hydroxylation is 1. The first-order valence-electron chi connectivity index (χ1n) is 7.20. The minimum atomic E-state index is -0.449. The number of nitrogens with one attached hydrogen (secondary N) is 1. The Labute approximate surface area is 139 Å². The van der Waals surface area contributed by atoms with E-state index in [0.717, 1.165) is 16.9 Å². The Hall–Kier alpha value is -2.21. The molecule has 2 rings (SSSR count). The lowest BCUT2D eigenvalue weighted by atomic mass is 9.87. The molecule has 0 radical (unpaired) electrons. The first-order chi connectivity index (χ1) is 10.7. The Bertz CT molecular complexity index is 727. The molecule has 0 saturated heterocycles. The van der Waals surface area contributed by atoms with Gasteiger partial charge in [0.1, 0.15) is 4.88 Å². The standard InChI is InChI=1S/C17H20N2O3S/c1-10-13(15(21)22-5)23-16(18-10)19-14(20)11-6-8-12(9-7-11)17(2,3)4/h6-9H,1-5H3,(H,18,19,20). The van der Waals surface area contributed by atoms with Crippen LogP contribution < -0.4 is 5.32 Å². The first kappa shape index (κ1) is 17.1. The molecular weight excluding hydrogens is 312 g/mol. The number of carbonyl (C=O) groups excluding carboxylic acids is 2. The van der Waals surface area contributed by atoms with Gasteiger partial charge in [0.2, 0.25) is 0 Å². The molecule has 1 amide bonds. The van der Waals surface area contributed by atoms with Gasteiger partial charge in [-0.3, -0.25) is 10.1 Å². The van der Waals surface area contributed by atoms with Gasteiger partial charge in [-0.2, -0.15) is 0 Å². The highest BCUT2D eigenvalue weighted by atomic mass is 32.1. The monoisotopic (exact) mass is 332 g/mol. The molecule has 122 valence electrons. The summed E-state index contributed by atoms with van der Waals surface area (Å²) in [5, 5.41) is 3.10. The van der Waals surface area contributed by atoms with Crippen molar-refractivity contribution in [2.75, 3.05) is 12.4 Å². The number of esters is 1. The SMILES string of the molecule is COC(=O)c1sc(NC(=O)c2ccc(C(C)(C)C)cc2)nc1C. The molecule has 0 atom stereocenters. The second kappa shape index (κ2) is 6.50. The number of nitrogens with zero attached hydrogens (tertiary/aromatic N) is 1. The summed E-state index contributed by atoms with van der Waals surface area (Å²) >= 11 is 1.10. The highest BCUT2D eigenvalue weighted by molar-refractivity contribution is 7.17. The molecule has 1 N–H and O–H groups in total. The zero-order valence-corrected chi connectivity index (χ0v) is 14.7. The van der Waals surface area contributed by atoms with Gasteiger partial charge in [0.05, 0.1) is 12.8 Å². The minimum Gasteiger partial charge on any atom is -0.465 e. The summed E-state index contributed by atoms with van der Waals surface area (Å²) in [6, 6.07) is 7.47. The average Bonchev–Trinajstić information content (AvgIpc) is 2.86. The lowest BCUT2D eigenvalue weighted by Crippen LogP contribution is -2.14. The molecule has 1 aromatic carbocycles. The number of carbonyl (C=O) groups is 2. The fourth-order valence-electron chi connectivity index (χ4n) is 2.02. The number of thiazole rings is 1. The predicted molar refractivity (Wildman–Crippen MR) is 91.3 cm³/mol. The van der Waals surface area contributed by atoms with Crippen molar-refractivity contribution in [1.82, 2.24) is 4.98 Å². The van der Waals surface area contributed by atoms with E-state index in [1.54, 1.807) is 19.1 Å². The molecule has 0 fully saturated rings. The number of ether oxygens (including phenoxy) is 1. The quantitative estimate of drug-likeness (QED) is 0.868. The third-order valence-electron chi connectivity index (χ3n) is 3.40. The maximum Gasteiger partial charge on any atom is 0.350 e. The van der Waals surface area contributed by atoms with Crippen LogP contribution >= 0.6 is 11.3 Å². The third-order valence-corrected chi connectivity index (χ3v) is 4.45. The van der Waals surface area contributed by atoms with E-state index in [1.165, 1.54) is 7.11 Å². The normalized spacial score (nSPS) is 11.2. The zero-order chi connectivity index (χ0) is 17.2. The molecule has 0 unspecified atom stereocenters. The number of benzene rings is 1. The van der Waals surface area contributed by atoms with Crippen LogP contribution in [0.15, 0.2) is 24.3 Å². The van der Waals surface area contributed by atoms with Crippen molar-refractivity contribution in [3.05, 3.63) is 46.0 Å². The minimum absolute atomic E-state index is 0.0385. The molecule has 2 aromatic rings. The van der Waals surface area contributed by atoms with Gasteiger partial charge in [-0.1, -0.05) is 44.2 Å². The van der Waals surface area contributed by atoms with Crippen molar-refractivity contribution in [3.63, 3.8) is 0 Å². The topological polar surface area (TPSA) is 68.3 Å². The summed E-state index contributed by atoms with van der Waals surface area (Å²) < 4.78 is 4.68. The van der Waals surface area contributed by atoms with Crippen molar-refractivity contribution >= 4 is 28.3 Å². The molecule has 1 aromatic heterocycles. The third kappa shape index (κ3) is 3.96. The van der Waals surface area contributed by atoms with E-state index in [4.69, 9.17) is 0 Å². The number of rotatable bonds is 3. The van der Waals surface area contributed by atoms with Gasteiger partial charge in [0, 0.05) is 5.56 Å². The van der Waals surface area contributed by atoms with E-state index < -0.39 is 5.97 Å². The van der Waals surface area contributed by atoms with Crippen molar-refractivity contribution in [3.8, 4) is 0 Å². The Morgan fingerprint density at radius 3 is 2.30 bits per heavy atom. The largest absolute Gasteiger partial charge is 0.465 e. The molecular formula is C17H20N2O3S. The molecule has 0 bridgehead atoms. The molecule has 0 aliphatic rings. The molecule has 5 nitrogen and oxygen atoms in total. The summed E-state index contributed by atoms with van der Waals surface area (Å²) in [6.07, 6.45) is 0. The van der Waals surface area contributed by atoms with Gasteiger partial charge in [-0.25, -0.2) is 9.78 Å². The summed E-state index contributed by atoms with van der Waals surface area (Å²) in [6.45, 7) is 8.06. The summed E-state index contributed by atoms with van der Waals surface area (Å²) in [4.78, 5) is 28.4. The Morgan fingerprint density at radius 1 is 1.17 bits per heavy atom. The molecule has 0 saturated carbocycles. The highest BCUT2D eigenvalue weighted by Gasteiger charge is 2.18. The maximum atomic E-state index is 12.3. The zero-order valence-electron chi connectivity index (χ0n) is 13.9. The number of methoxy groups -OCH3 is 1. The van der Waals surface area contributed by atoms with Crippen molar-refractivity contribution in [2.24, 2.45) is 0 Å². The maximum absolute atomic E-state index is 12.3. The molecule has 23 heavy (non-hydrogen) atoms. The molecule has 6 heteroatoms. The van der Waals surface area contributed by atoms with Crippen LogP contribution in [0.1, 0.15) is 52.1 Å². The van der Waals surface area contributed by atoms with Gasteiger partial charge in [-0.05, 0) is 30.0 Å². The molecule has 0 aliphatic carbocycles. The van der Waals surface area contributed by atoms with Crippen LogP contribution in [0.25, 0.3) is 0 Å². The van der Waals surface area contributed by atoms with Gasteiger partial charge >= 0.3 is 5.97 Å². The van der Waals surface area contributed by atoms with Crippen molar-refractivity contribution in [1.29, 1.82) is 0 Å². The first-order valence-corrected chi connectivity index (χ1v) is 8.01. The number of hydrogen-bond donors (Lipinski definition) is 1. The van der Waals surface area contributed by atoms with Crippen LogP contribution in [0.3, 0.4) is 0 Å². The second-order valence-electron chi connectivity index (χ2n) is 6.21. The van der Waals surface area contributed by atoms with Gasteiger partial charge in [0.15, 0.2) is 5.13 Å². The highest BCUT2D eigenvalue weighted by Crippen LogP contribution is 2.25. The fourth-order valence-corrected chi connectivity index (χ4v) is 2.90. The summed E-state index contributed by atoms with van der Waals surface area (Å²) in [7, 11) is 1.32. The summed E-state index contributed by atoms with van der Waals surface area (Å²) in [5.74, 6) is -0.703. The van der Waals surface area contributed by atoms with Crippen molar-refractivity contribution in [2.45, 2.75) is 33.1 Å². The van der Waals surface area contributed by atoms with E-state index >= 15 is 0 Å². The van der Waals surface area contributed by atoms with Gasteiger partial charge in [0.25, 0.3) is 5.91 Å². The number of amides is 1. The smallest absolute Gasteiger partial charge is 0.350 e. The second-order valence-corrected chi connectivity index (χ2v) is 7.21. The van der Waals surface area contributed by atoms with Crippen LogP contribution in [-0.4, -0.2) is 24.0 Å². The van der Waals surface area contributed by atoms with Crippen LogP contribution in [-0.2, 0) is 10.2 Å². The Kier molecular flexibility index (Phi) is 4.85. The predicted octanol–water partition coefficient (Wildman–Crippen LogP) is 3.79. The number of hydrogen-bond acceptors (Lipinski definition) is 5. The van der Waals surface area contributed by atoms with E-state index in [9.17, 15) is 9.59 Å².